The maximum atomic E-state index is 12.0. The number of nitrogens with one attached hydrogen (secondary N) is 1. The lowest BCUT2D eigenvalue weighted by atomic mass is 9.90. The Kier molecular flexibility index (Phi) is 6.23. The number of aromatic nitrogens is 1. The van der Waals surface area contributed by atoms with E-state index in [1.54, 1.807) is 6.07 Å². The van der Waals surface area contributed by atoms with Crippen LogP contribution in [0.15, 0.2) is 53.1 Å². The van der Waals surface area contributed by atoms with E-state index in [0.717, 1.165) is 36.8 Å². The minimum absolute atomic E-state index is 0.218. The second kappa shape index (κ2) is 8.81. The van der Waals surface area contributed by atoms with Crippen LogP contribution in [0.5, 0.6) is 0 Å². The van der Waals surface area contributed by atoms with E-state index < -0.39 is 0 Å². The highest BCUT2D eigenvalue weighted by atomic mass is 16.5. The number of likely N-dealkylation sites (tertiary alicyclic amines) is 1. The first kappa shape index (κ1) is 18.4. The molecule has 3 rings (SSSR count). The predicted octanol–water partition coefficient (Wildman–Crippen LogP) is 3.44. The van der Waals surface area contributed by atoms with Crippen LogP contribution < -0.4 is 5.32 Å². The van der Waals surface area contributed by atoms with Crippen LogP contribution in [0, 0.1) is 5.92 Å². The summed E-state index contributed by atoms with van der Waals surface area (Å²) in [6.07, 6.45) is 3.54. The molecule has 1 aliphatic rings. The van der Waals surface area contributed by atoms with Crippen molar-refractivity contribution in [2.24, 2.45) is 5.92 Å². The molecule has 1 aliphatic heterocycles. The fraction of sp³-hybridized carbons (Fsp3) is 0.429. The number of hydrogen-bond acceptors (Lipinski definition) is 4. The Labute approximate surface area is 155 Å². The van der Waals surface area contributed by atoms with Crippen molar-refractivity contribution in [2.75, 3.05) is 19.6 Å². The predicted molar refractivity (Wildman–Crippen MR) is 102 cm³/mol. The van der Waals surface area contributed by atoms with Gasteiger partial charge in [-0.15, -0.1) is 0 Å². The van der Waals surface area contributed by atoms with Crippen molar-refractivity contribution < 1.29 is 9.32 Å². The van der Waals surface area contributed by atoms with Gasteiger partial charge < -0.3 is 9.84 Å². The van der Waals surface area contributed by atoms with Gasteiger partial charge in [0.25, 0.3) is 5.91 Å². The van der Waals surface area contributed by atoms with Crippen molar-refractivity contribution >= 4 is 5.91 Å². The van der Waals surface area contributed by atoms with Gasteiger partial charge in [0.1, 0.15) is 0 Å². The molecule has 1 saturated heterocycles. The molecular formula is C21H27N3O2. The Hall–Kier alpha value is -2.40. The molecular weight excluding hydrogens is 326 g/mol. The molecule has 0 spiro atoms. The molecule has 1 aromatic heterocycles. The molecule has 1 aromatic carbocycles. The molecule has 0 saturated carbocycles. The van der Waals surface area contributed by atoms with Gasteiger partial charge in [-0.05, 0) is 50.8 Å². The van der Waals surface area contributed by atoms with Crippen LogP contribution in [0.1, 0.15) is 41.6 Å². The number of rotatable bonds is 7. The number of benzene rings is 1. The zero-order valence-electron chi connectivity index (χ0n) is 15.4. The average molecular weight is 353 g/mol. The fourth-order valence-corrected chi connectivity index (χ4v) is 3.33. The molecule has 5 nitrogen and oxygen atoms in total. The zero-order chi connectivity index (χ0) is 18.4. The van der Waals surface area contributed by atoms with Crippen LogP contribution in [0.4, 0.5) is 0 Å². The number of amides is 1. The molecule has 0 unspecified atom stereocenters. The Bertz CT molecular complexity index is 731. The standard InChI is InChI=1S/C21H27N3O2/c1-16(2)14-22-21(25)20-13-19(26-23-20)15-24-10-8-18(9-11-24)12-17-6-4-3-5-7-17/h3-7,13,18H,1,8-12,14-15H2,2H3,(H,22,25). The lowest BCUT2D eigenvalue weighted by Crippen LogP contribution is -2.33. The first-order valence-electron chi connectivity index (χ1n) is 9.24. The number of carbonyl (C=O) groups is 1. The highest BCUT2D eigenvalue weighted by Crippen LogP contribution is 2.23. The lowest BCUT2D eigenvalue weighted by Gasteiger charge is -2.31. The molecule has 2 aromatic rings. The molecule has 2 heterocycles. The van der Waals surface area contributed by atoms with Gasteiger partial charge in [0.2, 0.25) is 0 Å². The van der Waals surface area contributed by atoms with Gasteiger partial charge in [-0.25, -0.2) is 0 Å². The van der Waals surface area contributed by atoms with Crippen LogP contribution in [0.25, 0.3) is 0 Å². The zero-order valence-corrected chi connectivity index (χ0v) is 15.4. The molecule has 0 bridgehead atoms. The van der Waals surface area contributed by atoms with E-state index in [0.29, 0.717) is 18.8 Å². The molecule has 0 radical (unpaired) electrons. The van der Waals surface area contributed by atoms with Gasteiger partial charge in [-0.1, -0.05) is 47.6 Å². The number of nitrogens with zero attached hydrogens (tertiary/aromatic N) is 2. The van der Waals surface area contributed by atoms with Gasteiger partial charge in [0, 0.05) is 12.6 Å². The topological polar surface area (TPSA) is 58.4 Å². The summed E-state index contributed by atoms with van der Waals surface area (Å²) in [5.41, 5.74) is 2.66. The molecule has 0 atom stereocenters. The minimum Gasteiger partial charge on any atom is -0.359 e. The maximum absolute atomic E-state index is 12.0. The van der Waals surface area contributed by atoms with Crippen molar-refractivity contribution in [3.63, 3.8) is 0 Å². The highest BCUT2D eigenvalue weighted by molar-refractivity contribution is 5.92. The van der Waals surface area contributed by atoms with Gasteiger partial charge >= 0.3 is 0 Å². The monoisotopic (exact) mass is 353 g/mol. The lowest BCUT2D eigenvalue weighted by molar-refractivity contribution is 0.0947. The van der Waals surface area contributed by atoms with Crippen LogP contribution >= 0.6 is 0 Å². The van der Waals surface area contributed by atoms with Crippen LogP contribution in [-0.2, 0) is 13.0 Å². The first-order valence-corrected chi connectivity index (χ1v) is 9.24. The third-order valence-electron chi connectivity index (χ3n) is 4.80. The van der Waals surface area contributed by atoms with E-state index in [-0.39, 0.29) is 5.91 Å². The number of piperidine rings is 1. The molecule has 1 N–H and O–H groups in total. The second-order valence-corrected chi connectivity index (χ2v) is 7.23. The third kappa shape index (κ3) is 5.30. The molecule has 138 valence electrons. The van der Waals surface area contributed by atoms with Crippen LogP contribution in [0.2, 0.25) is 0 Å². The molecule has 0 aliphatic carbocycles. The Morgan fingerprint density at radius 1 is 1.31 bits per heavy atom. The number of carbonyl (C=O) groups excluding carboxylic acids is 1. The summed E-state index contributed by atoms with van der Waals surface area (Å²) >= 11 is 0. The summed E-state index contributed by atoms with van der Waals surface area (Å²) < 4.78 is 5.34. The minimum atomic E-state index is -0.218. The summed E-state index contributed by atoms with van der Waals surface area (Å²) in [6, 6.07) is 12.4. The van der Waals surface area contributed by atoms with Gasteiger partial charge in [0.15, 0.2) is 11.5 Å². The van der Waals surface area contributed by atoms with E-state index in [9.17, 15) is 4.79 Å². The summed E-state index contributed by atoms with van der Waals surface area (Å²) in [5, 5.41) is 6.66. The molecule has 1 amide bonds. The quantitative estimate of drug-likeness (QED) is 0.775. The summed E-state index contributed by atoms with van der Waals surface area (Å²) in [6.45, 7) is 8.90. The Morgan fingerprint density at radius 2 is 2.04 bits per heavy atom. The van der Waals surface area contributed by atoms with Crippen molar-refractivity contribution in [3.8, 4) is 0 Å². The summed E-state index contributed by atoms with van der Waals surface area (Å²) in [5.74, 6) is 1.27. The first-order chi connectivity index (χ1) is 12.6. The summed E-state index contributed by atoms with van der Waals surface area (Å²) in [7, 11) is 0. The third-order valence-corrected chi connectivity index (χ3v) is 4.80. The molecule has 26 heavy (non-hydrogen) atoms. The fourth-order valence-electron chi connectivity index (χ4n) is 3.33. The van der Waals surface area contributed by atoms with E-state index in [1.165, 1.54) is 18.4 Å². The van der Waals surface area contributed by atoms with Crippen LogP contribution in [-0.4, -0.2) is 35.6 Å². The Balaban J connectivity index is 1.44. The van der Waals surface area contributed by atoms with Crippen molar-refractivity contribution in [2.45, 2.75) is 32.7 Å². The van der Waals surface area contributed by atoms with E-state index >= 15 is 0 Å². The molecule has 5 heteroatoms. The summed E-state index contributed by atoms with van der Waals surface area (Å²) in [4.78, 5) is 14.4. The Morgan fingerprint density at radius 3 is 2.73 bits per heavy atom. The van der Waals surface area contributed by atoms with Gasteiger partial charge in [-0.3, -0.25) is 9.69 Å². The molecule has 1 fully saturated rings. The van der Waals surface area contributed by atoms with Crippen LogP contribution in [0.3, 0.4) is 0 Å². The smallest absolute Gasteiger partial charge is 0.273 e. The van der Waals surface area contributed by atoms with E-state index in [2.05, 4.69) is 52.3 Å². The average Bonchev–Trinajstić information content (AvgIpc) is 3.11. The van der Waals surface area contributed by atoms with E-state index in [1.807, 2.05) is 6.92 Å². The largest absolute Gasteiger partial charge is 0.359 e. The second-order valence-electron chi connectivity index (χ2n) is 7.23. The van der Waals surface area contributed by atoms with Crippen molar-refractivity contribution in [1.29, 1.82) is 0 Å². The SMILES string of the molecule is C=C(C)CNC(=O)c1cc(CN2CCC(Cc3ccccc3)CC2)on1. The van der Waals surface area contributed by atoms with Crippen molar-refractivity contribution in [1.82, 2.24) is 15.4 Å². The van der Waals surface area contributed by atoms with Crippen molar-refractivity contribution in [3.05, 3.63) is 65.6 Å². The number of hydrogen-bond donors (Lipinski definition) is 1. The maximum Gasteiger partial charge on any atom is 0.273 e. The normalized spacial score (nSPS) is 15.7. The van der Waals surface area contributed by atoms with Gasteiger partial charge in [-0.2, -0.15) is 0 Å². The van der Waals surface area contributed by atoms with Gasteiger partial charge in [0.05, 0.1) is 6.54 Å². The van der Waals surface area contributed by atoms with E-state index in [4.69, 9.17) is 4.52 Å². The highest BCUT2D eigenvalue weighted by Gasteiger charge is 2.21.